The van der Waals surface area contributed by atoms with Crippen LogP contribution in [0.15, 0.2) is 53.4 Å². The Balaban J connectivity index is 2.06. The van der Waals surface area contributed by atoms with E-state index in [2.05, 4.69) is 0 Å². The van der Waals surface area contributed by atoms with Gasteiger partial charge in [0.25, 0.3) is 0 Å². The Kier molecular flexibility index (Phi) is 4.16. The average molecular weight is 362 g/mol. The van der Waals surface area contributed by atoms with Crippen LogP contribution in [0.1, 0.15) is 17.0 Å². The first-order valence-electron chi connectivity index (χ1n) is 7.45. The van der Waals surface area contributed by atoms with Crippen LogP contribution in [0.5, 0.6) is 0 Å². The van der Waals surface area contributed by atoms with Crippen molar-refractivity contribution >= 4 is 21.4 Å². The minimum Gasteiger partial charge on any atom is -0.395 e. The third-order valence-electron chi connectivity index (χ3n) is 4.64. The monoisotopic (exact) mass is 361 g/mol. The van der Waals surface area contributed by atoms with Gasteiger partial charge in [-0.2, -0.15) is 5.26 Å². The maximum atomic E-state index is 13.0. The summed E-state index contributed by atoms with van der Waals surface area (Å²) >= 11 is 5.88. The number of aryl methyl sites for hydroxylation is 1. The van der Waals surface area contributed by atoms with Crippen molar-refractivity contribution in [3.8, 4) is 6.07 Å². The molecule has 0 aliphatic heterocycles. The van der Waals surface area contributed by atoms with Crippen molar-refractivity contribution in [2.75, 3.05) is 6.61 Å². The summed E-state index contributed by atoms with van der Waals surface area (Å²) < 4.78 is 26.0. The molecular weight excluding hydrogens is 346 g/mol. The third kappa shape index (κ3) is 2.51. The normalized spacial score (nSPS) is 25.9. The van der Waals surface area contributed by atoms with E-state index in [-0.39, 0.29) is 4.90 Å². The van der Waals surface area contributed by atoms with Gasteiger partial charge in [0, 0.05) is 10.9 Å². The van der Waals surface area contributed by atoms with Crippen LogP contribution in [0.2, 0.25) is 5.02 Å². The molecule has 1 N–H and O–H groups in total. The van der Waals surface area contributed by atoms with E-state index in [4.69, 9.17) is 11.6 Å². The number of halogens is 1. The van der Waals surface area contributed by atoms with Crippen LogP contribution in [-0.2, 0) is 9.84 Å². The topological polar surface area (TPSA) is 78.2 Å². The quantitative estimate of drug-likeness (QED) is 0.907. The van der Waals surface area contributed by atoms with Crippen LogP contribution >= 0.6 is 11.6 Å². The van der Waals surface area contributed by atoms with Gasteiger partial charge < -0.3 is 5.11 Å². The molecule has 0 bridgehead atoms. The van der Waals surface area contributed by atoms with Gasteiger partial charge in [0.2, 0.25) is 0 Å². The van der Waals surface area contributed by atoms with Gasteiger partial charge in [0.1, 0.15) is 5.41 Å². The summed E-state index contributed by atoms with van der Waals surface area (Å²) in [5.74, 6) is -0.573. The molecule has 1 fully saturated rings. The van der Waals surface area contributed by atoms with Crippen molar-refractivity contribution in [2.24, 2.45) is 5.41 Å². The molecule has 0 amide bonds. The molecule has 1 aliphatic carbocycles. The Morgan fingerprint density at radius 3 is 2.25 bits per heavy atom. The molecule has 3 atom stereocenters. The van der Waals surface area contributed by atoms with Crippen molar-refractivity contribution < 1.29 is 13.5 Å². The predicted molar refractivity (Wildman–Crippen MR) is 91.5 cm³/mol. The summed E-state index contributed by atoms with van der Waals surface area (Å²) in [4.78, 5) is 0.169. The molecule has 0 spiro atoms. The lowest BCUT2D eigenvalue weighted by Gasteiger charge is -2.06. The summed E-state index contributed by atoms with van der Waals surface area (Å²) in [5.41, 5.74) is 0.320. The summed E-state index contributed by atoms with van der Waals surface area (Å²) in [7, 11) is -3.74. The number of aliphatic hydroxyl groups excluding tert-OH is 1. The van der Waals surface area contributed by atoms with E-state index in [0.29, 0.717) is 10.6 Å². The molecular formula is C18H16ClNO3S. The van der Waals surface area contributed by atoms with Crippen molar-refractivity contribution in [3.63, 3.8) is 0 Å². The van der Waals surface area contributed by atoms with E-state index in [1.54, 1.807) is 48.5 Å². The second-order valence-corrected chi connectivity index (χ2v) is 8.62. The maximum Gasteiger partial charge on any atom is 0.183 e. The SMILES string of the molecule is Cc1ccc(S(=O)(=O)[C@@H]2[C@@H](c3ccc(Cl)cc3)[C@]2(C#N)CO)cc1. The predicted octanol–water partition coefficient (Wildman–Crippen LogP) is 3.09. The lowest BCUT2D eigenvalue weighted by atomic mass is 10.0. The molecule has 1 aliphatic rings. The fraction of sp³-hybridized carbons (Fsp3) is 0.278. The number of sulfone groups is 1. The van der Waals surface area contributed by atoms with Crippen LogP contribution in [0, 0.1) is 23.7 Å². The van der Waals surface area contributed by atoms with Gasteiger partial charge in [0.15, 0.2) is 9.84 Å². The van der Waals surface area contributed by atoms with Gasteiger partial charge >= 0.3 is 0 Å². The highest BCUT2D eigenvalue weighted by Crippen LogP contribution is 2.63. The fourth-order valence-corrected chi connectivity index (χ4v) is 5.68. The number of nitriles is 1. The number of hydrogen-bond acceptors (Lipinski definition) is 4. The number of hydrogen-bond donors (Lipinski definition) is 1. The third-order valence-corrected chi connectivity index (χ3v) is 7.18. The second kappa shape index (κ2) is 5.89. The molecule has 0 radical (unpaired) electrons. The van der Waals surface area contributed by atoms with E-state index >= 15 is 0 Å². The largest absolute Gasteiger partial charge is 0.395 e. The summed E-state index contributed by atoms with van der Waals surface area (Å²) in [5, 5.41) is 18.9. The number of nitrogens with zero attached hydrogens (tertiary/aromatic N) is 1. The van der Waals surface area contributed by atoms with E-state index in [1.807, 2.05) is 13.0 Å². The van der Waals surface area contributed by atoms with Crippen LogP contribution < -0.4 is 0 Å². The smallest absolute Gasteiger partial charge is 0.183 e. The van der Waals surface area contributed by atoms with Crippen LogP contribution in [0.25, 0.3) is 0 Å². The highest BCUT2D eigenvalue weighted by atomic mass is 35.5. The highest BCUT2D eigenvalue weighted by Gasteiger charge is 2.72. The molecule has 24 heavy (non-hydrogen) atoms. The molecule has 124 valence electrons. The molecule has 3 rings (SSSR count). The Morgan fingerprint density at radius 2 is 1.75 bits per heavy atom. The molecule has 1 saturated carbocycles. The molecule has 0 saturated heterocycles. The Labute approximate surface area is 146 Å². The molecule has 2 aromatic carbocycles. The number of rotatable bonds is 4. The van der Waals surface area contributed by atoms with Gasteiger partial charge in [-0.15, -0.1) is 0 Å². The number of benzene rings is 2. The molecule has 0 heterocycles. The maximum absolute atomic E-state index is 13.0. The van der Waals surface area contributed by atoms with Crippen molar-refractivity contribution in [1.29, 1.82) is 5.26 Å². The van der Waals surface area contributed by atoms with E-state index in [0.717, 1.165) is 5.56 Å². The van der Waals surface area contributed by atoms with E-state index in [9.17, 15) is 18.8 Å². The fourth-order valence-electron chi connectivity index (χ4n) is 3.23. The first-order valence-corrected chi connectivity index (χ1v) is 9.37. The molecule has 6 heteroatoms. The zero-order chi connectivity index (χ0) is 17.5. The van der Waals surface area contributed by atoms with Crippen LogP contribution in [0.4, 0.5) is 0 Å². The zero-order valence-corrected chi connectivity index (χ0v) is 14.6. The van der Waals surface area contributed by atoms with Crippen molar-refractivity contribution in [2.45, 2.75) is 23.0 Å². The first kappa shape index (κ1) is 17.0. The standard InChI is InChI=1S/C18H16ClNO3S/c1-12-2-8-15(9-3-12)24(22,23)17-16(18(17,10-20)11-21)13-4-6-14(19)7-5-13/h2-9,16-17,21H,11H2,1H3/t16-,17-,18+/m1/s1. The summed E-state index contributed by atoms with van der Waals surface area (Å²) in [6, 6.07) is 15.3. The average Bonchev–Trinajstić information content (AvgIpc) is 3.26. The van der Waals surface area contributed by atoms with Gasteiger partial charge in [0.05, 0.1) is 22.8 Å². The van der Waals surface area contributed by atoms with Crippen molar-refractivity contribution in [3.05, 3.63) is 64.7 Å². The lowest BCUT2D eigenvalue weighted by Crippen LogP contribution is -2.18. The molecule has 0 unspecified atom stereocenters. The lowest BCUT2D eigenvalue weighted by molar-refractivity contribution is 0.242. The Bertz CT molecular complexity index is 901. The van der Waals surface area contributed by atoms with Crippen LogP contribution in [-0.4, -0.2) is 25.4 Å². The molecule has 4 nitrogen and oxygen atoms in total. The second-order valence-electron chi connectivity index (χ2n) is 6.12. The minimum atomic E-state index is -3.74. The molecule has 0 aromatic heterocycles. The number of aliphatic hydroxyl groups is 1. The highest BCUT2D eigenvalue weighted by molar-refractivity contribution is 7.92. The first-order chi connectivity index (χ1) is 11.4. The van der Waals surface area contributed by atoms with Gasteiger partial charge in [-0.05, 0) is 36.8 Å². The van der Waals surface area contributed by atoms with Gasteiger partial charge in [-0.1, -0.05) is 41.4 Å². The van der Waals surface area contributed by atoms with Crippen molar-refractivity contribution in [1.82, 2.24) is 0 Å². The minimum absolute atomic E-state index is 0.169. The van der Waals surface area contributed by atoms with E-state index < -0.39 is 33.0 Å². The zero-order valence-electron chi connectivity index (χ0n) is 13.0. The Hall–Kier alpha value is -1.87. The van der Waals surface area contributed by atoms with Gasteiger partial charge in [-0.3, -0.25) is 0 Å². The summed E-state index contributed by atoms with van der Waals surface area (Å²) in [6.45, 7) is 1.36. The van der Waals surface area contributed by atoms with E-state index in [1.165, 1.54) is 0 Å². The summed E-state index contributed by atoms with van der Waals surface area (Å²) in [6.07, 6.45) is 0. The van der Waals surface area contributed by atoms with Gasteiger partial charge in [-0.25, -0.2) is 8.42 Å². The Morgan fingerprint density at radius 1 is 1.17 bits per heavy atom. The van der Waals surface area contributed by atoms with Crippen LogP contribution in [0.3, 0.4) is 0 Å². The molecule has 2 aromatic rings.